The molecule has 0 aromatic carbocycles. The van der Waals surface area contributed by atoms with E-state index in [9.17, 15) is 18.8 Å². The van der Waals surface area contributed by atoms with Crippen molar-refractivity contribution in [1.82, 2.24) is 4.90 Å². The molecule has 0 saturated carbocycles. The van der Waals surface area contributed by atoms with Crippen molar-refractivity contribution in [3.63, 3.8) is 0 Å². The quantitative estimate of drug-likeness (QED) is 0.482. The fourth-order valence-corrected chi connectivity index (χ4v) is 2.41. The second-order valence-electron chi connectivity index (χ2n) is 3.53. The van der Waals surface area contributed by atoms with Crippen molar-refractivity contribution in [2.75, 3.05) is 13.1 Å². The maximum atomic E-state index is 11.5. The molecule has 3 saturated heterocycles. The van der Waals surface area contributed by atoms with E-state index in [-0.39, 0.29) is 11.7 Å². The Kier molecular flexibility index (Phi) is 2.50. The normalized spacial score (nSPS) is 37.6. The number of hydrogen-bond donors (Lipinski definition) is 0. The summed E-state index contributed by atoms with van der Waals surface area (Å²) in [5.74, 6) is -0.420. The van der Waals surface area contributed by atoms with Gasteiger partial charge in [0, 0.05) is 19.0 Å². The zero-order valence-corrected chi connectivity index (χ0v) is 8.11. The predicted octanol–water partition coefficient (Wildman–Crippen LogP) is -3.48. The van der Waals surface area contributed by atoms with Crippen molar-refractivity contribution in [1.29, 1.82) is 0 Å². The van der Waals surface area contributed by atoms with Gasteiger partial charge in [-0.15, -0.1) is 0 Å². The average Bonchev–Trinajstić information content (AvgIpc) is 2.10. The molecule has 7 heteroatoms. The van der Waals surface area contributed by atoms with Crippen LogP contribution in [-0.4, -0.2) is 30.0 Å². The van der Waals surface area contributed by atoms with Gasteiger partial charge in [-0.05, 0) is 12.8 Å². The predicted molar refractivity (Wildman–Crippen MR) is 34.2 cm³/mol. The van der Waals surface area contributed by atoms with Crippen molar-refractivity contribution in [2.24, 2.45) is 5.92 Å². The number of rotatable bonds is 2. The van der Waals surface area contributed by atoms with Crippen LogP contribution < -0.4 is 14.0 Å². The largest absolute Gasteiger partial charge is 0.326 e. The van der Waals surface area contributed by atoms with Crippen LogP contribution in [0.3, 0.4) is 0 Å². The van der Waals surface area contributed by atoms with Crippen LogP contribution in [-0.2, 0) is 9.08 Å². The van der Waals surface area contributed by atoms with Gasteiger partial charge in [0.15, 0.2) is 5.78 Å². The summed E-state index contributed by atoms with van der Waals surface area (Å²) in [6.07, 6.45) is 0.287. The van der Waals surface area contributed by atoms with Crippen molar-refractivity contribution in [3.05, 3.63) is 0 Å². The Bertz CT molecular complexity index is 245. The van der Waals surface area contributed by atoms with Crippen molar-refractivity contribution >= 4 is 5.78 Å². The minimum absolute atomic E-state index is 0.137. The van der Waals surface area contributed by atoms with E-state index in [4.69, 9.17) is 0 Å². The lowest BCUT2D eigenvalue weighted by Crippen LogP contribution is -2.67. The van der Waals surface area contributed by atoms with Gasteiger partial charge in [-0.1, -0.05) is 0 Å². The van der Waals surface area contributed by atoms with E-state index >= 15 is 0 Å². The van der Waals surface area contributed by atoms with Crippen LogP contribution in [0, 0.1) is 16.2 Å². The number of carbonyl (C=O) groups excluding carboxylic acids is 1. The maximum Gasteiger partial charge on any atom is 0.326 e. The number of piperidine rings is 3. The van der Waals surface area contributed by atoms with Crippen LogP contribution in [0.4, 0.5) is 0 Å². The molecular formula is C7H10ClNO5. The third-order valence-corrected chi connectivity index (χ3v) is 3.09. The zero-order chi connectivity index (χ0) is 10.3. The smallest absolute Gasteiger partial charge is 0.294 e. The van der Waals surface area contributed by atoms with Crippen LogP contribution in [0.1, 0.15) is 12.8 Å². The van der Waals surface area contributed by atoms with Crippen LogP contribution in [0.25, 0.3) is 0 Å². The number of ketones is 1. The number of carbonyl (C=O) groups is 1. The standard InChI is InChI=1S/C7H10ClNO5/c10-6-5-1-3-9(4-2-5)7(6)14-8(11,12)13/h5,7H,1-4H2. The van der Waals surface area contributed by atoms with Gasteiger partial charge in [0.1, 0.15) is 0 Å². The number of hydrogen-bond acceptors (Lipinski definition) is 6. The number of halogens is 1. The van der Waals surface area contributed by atoms with Crippen LogP contribution in [0.5, 0.6) is 0 Å². The van der Waals surface area contributed by atoms with Gasteiger partial charge >= 0.3 is 6.23 Å². The average molecular weight is 224 g/mol. The van der Waals surface area contributed by atoms with E-state index in [0.29, 0.717) is 13.1 Å². The minimum atomic E-state index is -4.52. The Labute approximate surface area is 82.8 Å². The highest BCUT2D eigenvalue weighted by molar-refractivity contribution is 5.86. The zero-order valence-electron chi connectivity index (χ0n) is 7.35. The summed E-state index contributed by atoms with van der Waals surface area (Å²) in [6, 6.07) is 0. The molecule has 0 N–H and O–H groups in total. The van der Waals surface area contributed by atoms with E-state index in [0.717, 1.165) is 12.8 Å². The Hall–Kier alpha value is -0.240. The number of nitrogens with zero attached hydrogens (tertiary/aromatic N) is 1. The third-order valence-electron chi connectivity index (χ3n) is 2.70. The lowest BCUT2D eigenvalue weighted by molar-refractivity contribution is -1.92. The molecule has 0 radical (unpaired) electrons. The van der Waals surface area contributed by atoms with Gasteiger partial charge in [-0.25, -0.2) is 0 Å². The summed E-state index contributed by atoms with van der Waals surface area (Å²) >= 11 is 0. The van der Waals surface area contributed by atoms with E-state index < -0.39 is 16.5 Å². The topological polar surface area (TPSA) is 98.7 Å². The number of fused-ring (bicyclic) bond motifs is 3. The lowest BCUT2D eigenvalue weighted by Gasteiger charge is -2.40. The van der Waals surface area contributed by atoms with E-state index in [1.165, 1.54) is 0 Å². The van der Waals surface area contributed by atoms with Crippen molar-refractivity contribution < 1.29 is 33.3 Å². The first kappa shape index (κ1) is 10.3. The molecule has 0 aromatic heterocycles. The highest BCUT2D eigenvalue weighted by Gasteiger charge is 2.49. The first-order valence-corrected chi connectivity index (χ1v) is 5.58. The Morgan fingerprint density at radius 2 is 1.86 bits per heavy atom. The van der Waals surface area contributed by atoms with Crippen LogP contribution >= 0.6 is 0 Å². The SMILES string of the molecule is O=C1C2CCN(CC2)C1O[Cl+3]([O-])([O-])[O-]. The molecule has 14 heavy (non-hydrogen) atoms. The lowest BCUT2D eigenvalue weighted by atomic mass is 9.86. The summed E-state index contributed by atoms with van der Waals surface area (Å²) in [7, 11) is -4.52. The van der Waals surface area contributed by atoms with Gasteiger partial charge in [-0.2, -0.15) is 14.0 Å². The molecule has 80 valence electrons. The van der Waals surface area contributed by atoms with E-state index in [2.05, 4.69) is 4.29 Å². The Morgan fingerprint density at radius 1 is 1.29 bits per heavy atom. The number of Topliss-reactive ketones (excluding diaryl/α,β-unsaturated/α-hetero) is 1. The molecule has 0 aliphatic carbocycles. The molecule has 3 aliphatic heterocycles. The molecule has 3 heterocycles. The van der Waals surface area contributed by atoms with Crippen molar-refractivity contribution in [3.8, 4) is 0 Å². The summed E-state index contributed by atoms with van der Waals surface area (Å²) in [4.78, 5) is 13.1. The molecular weight excluding hydrogens is 214 g/mol. The van der Waals surface area contributed by atoms with E-state index in [1.807, 2.05) is 0 Å². The summed E-state index contributed by atoms with van der Waals surface area (Å²) in [6.45, 7) is 1.23. The summed E-state index contributed by atoms with van der Waals surface area (Å²) in [5, 5.41) is 0. The molecule has 0 aromatic rings. The highest BCUT2D eigenvalue weighted by atomic mass is 35.7. The maximum absolute atomic E-state index is 11.5. The first-order valence-electron chi connectivity index (χ1n) is 4.34. The molecule has 6 nitrogen and oxygen atoms in total. The van der Waals surface area contributed by atoms with Gasteiger partial charge in [0.25, 0.3) is 0 Å². The second-order valence-corrected chi connectivity index (χ2v) is 4.47. The van der Waals surface area contributed by atoms with Crippen LogP contribution in [0.15, 0.2) is 0 Å². The van der Waals surface area contributed by atoms with Gasteiger partial charge in [0.05, 0.1) is 14.5 Å². The van der Waals surface area contributed by atoms with Gasteiger partial charge in [-0.3, -0.25) is 9.69 Å². The molecule has 1 atom stereocenters. The second kappa shape index (κ2) is 3.41. The van der Waals surface area contributed by atoms with Gasteiger partial charge in [0.2, 0.25) is 0 Å². The Morgan fingerprint density at radius 3 is 2.29 bits per heavy atom. The molecule has 1 unspecified atom stereocenters. The molecule has 2 bridgehead atoms. The molecule has 3 aliphatic rings. The fourth-order valence-electron chi connectivity index (χ4n) is 2.00. The highest BCUT2D eigenvalue weighted by Crippen LogP contribution is 2.30. The third kappa shape index (κ3) is 1.90. The molecule has 0 amide bonds. The minimum Gasteiger partial charge on any atom is -0.294 e. The Balaban J connectivity index is 2.08. The van der Waals surface area contributed by atoms with E-state index in [1.54, 1.807) is 4.90 Å². The summed E-state index contributed by atoms with van der Waals surface area (Å²) in [5.41, 5.74) is 0. The molecule has 0 spiro atoms. The van der Waals surface area contributed by atoms with Crippen LogP contribution in [0.2, 0.25) is 0 Å². The molecule has 3 fully saturated rings. The monoisotopic (exact) mass is 223 g/mol. The van der Waals surface area contributed by atoms with Crippen molar-refractivity contribution in [2.45, 2.75) is 19.1 Å². The first-order chi connectivity index (χ1) is 6.47. The fraction of sp³-hybridized carbons (Fsp3) is 0.857. The molecule has 3 rings (SSSR count). The summed E-state index contributed by atoms with van der Waals surface area (Å²) < 4.78 is 35.2. The van der Waals surface area contributed by atoms with Gasteiger partial charge < -0.3 is 0 Å².